The molecule has 3 atom stereocenters. The van der Waals surface area contributed by atoms with Crippen molar-refractivity contribution in [1.82, 2.24) is 10.2 Å². The normalized spacial score (nSPS) is 28.3. The maximum absolute atomic E-state index is 11.8. The van der Waals surface area contributed by atoms with Gasteiger partial charge >= 0.3 is 0 Å². The Morgan fingerprint density at radius 2 is 2.21 bits per heavy atom. The number of methoxy groups -OCH3 is 1. The molecule has 3 N–H and O–H groups in total. The number of nitrogens with zero attached hydrogens (tertiary/aromatic N) is 1. The zero-order valence-corrected chi connectivity index (χ0v) is 12.9. The summed E-state index contributed by atoms with van der Waals surface area (Å²) in [7, 11) is 1.76. The minimum Gasteiger partial charge on any atom is -0.381 e. The SMILES string of the molecule is COC1CCN(CC(C)(NC(C)C)C(N)=O)C(C)C1. The van der Waals surface area contributed by atoms with Crippen LogP contribution in [0.15, 0.2) is 0 Å². The van der Waals surface area contributed by atoms with Gasteiger partial charge in [-0.2, -0.15) is 0 Å². The molecule has 0 aliphatic carbocycles. The number of primary amides is 1. The molecule has 1 rings (SSSR count). The quantitative estimate of drug-likeness (QED) is 0.747. The Kier molecular flexibility index (Phi) is 5.77. The number of carbonyl (C=O) groups is 1. The predicted molar refractivity (Wildman–Crippen MR) is 76.9 cm³/mol. The summed E-state index contributed by atoms with van der Waals surface area (Å²) >= 11 is 0. The summed E-state index contributed by atoms with van der Waals surface area (Å²) in [5.74, 6) is -0.290. The van der Waals surface area contributed by atoms with Crippen molar-refractivity contribution in [3.63, 3.8) is 0 Å². The zero-order chi connectivity index (χ0) is 14.6. The summed E-state index contributed by atoms with van der Waals surface area (Å²) in [6.07, 6.45) is 2.36. The Hall–Kier alpha value is -0.650. The van der Waals surface area contributed by atoms with Gasteiger partial charge < -0.3 is 15.8 Å². The highest BCUT2D eigenvalue weighted by atomic mass is 16.5. The number of carbonyl (C=O) groups excluding carboxylic acids is 1. The summed E-state index contributed by atoms with van der Waals surface area (Å²) in [5, 5.41) is 3.30. The fraction of sp³-hybridized carbons (Fsp3) is 0.929. The number of amides is 1. The van der Waals surface area contributed by atoms with E-state index in [2.05, 4.69) is 17.1 Å². The van der Waals surface area contributed by atoms with Crippen molar-refractivity contribution >= 4 is 5.91 Å². The van der Waals surface area contributed by atoms with Gasteiger partial charge in [0.25, 0.3) is 0 Å². The van der Waals surface area contributed by atoms with Crippen LogP contribution in [0, 0.1) is 0 Å². The van der Waals surface area contributed by atoms with E-state index in [4.69, 9.17) is 10.5 Å². The first-order valence-corrected chi connectivity index (χ1v) is 7.13. The maximum atomic E-state index is 11.8. The van der Waals surface area contributed by atoms with E-state index in [-0.39, 0.29) is 11.9 Å². The lowest BCUT2D eigenvalue weighted by Gasteiger charge is -2.42. The Bertz CT molecular complexity index is 309. The summed E-state index contributed by atoms with van der Waals surface area (Å²) in [6, 6.07) is 0.635. The van der Waals surface area contributed by atoms with Crippen LogP contribution >= 0.6 is 0 Å². The zero-order valence-electron chi connectivity index (χ0n) is 12.9. The Morgan fingerprint density at radius 3 is 2.63 bits per heavy atom. The first kappa shape index (κ1) is 16.4. The second-order valence-corrected chi connectivity index (χ2v) is 6.20. The van der Waals surface area contributed by atoms with Gasteiger partial charge in [-0.3, -0.25) is 9.69 Å². The van der Waals surface area contributed by atoms with Gasteiger partial charge in [-0.05, 0) is 40.5 Å². The molecule has 1 fully saturated rings. The van der Waals surface area contributed by atoms with Crippen LogP contribution in [-0.4, -0.2) is 54.7 Å². The fourth-order valence-corrected chi connectivity index (χ4v) is 2.86. The van der Waals surface area contributed by atoms with Crippen LogP contribution in [0.4, 0.5) is 0 Å². The molecule has 1 saturated heterocycles. The van der Waals surface area contributed by atoms with Gasteiger partial charge in [-0.25, -0.2) is 0 Å². The highest BCUT2D eigenvalue weighted by molar-refractivity contribution is 5.84. The summed E-state index contributed by atoms with van der Waals surface area (Å²) in [5.41, 5.74) is 4.90. The van der Waals surface area contributed by atoms with Crippen LogP contribution < -0.4 is 11.1 Å². The van der Waals surface area contributed by atoms with Gasteiger partial charge in [0.1, 0.15) is 5.54 Å². The molecule has 0 aromatic rings. The third kappa shape index (κ3) is 4.44. The molecule has 0 aromatic carbocycles. The van der Waals surface area contributed by atoms with Gasteiger partial charge in [-0.15, -0.1) is 0 Å². The average molecular weight is 271 g/mol. The predicted octanol–water partition coefficient (Wildman–Crippen LogP) is 0.728. The van der Waals surface area contributed by atoms with Gasteiger partial charge in [0, 0.05) is 32.3 Å². The van der Waals surface area contributed by atoms with Gasteiger partial charge in [0.15, 0.2) is 0 Å². The minimum absolute atomic E-state index is 0.226. The lowest BCUT2D eigenvalue weighted by Crippen LogP contribution is -2.63. The van der Waals surface area contributed by atoms with Crippen LogP contribution in [0.25, 0.3) is 0 Å². The molecular weight excluding hydrogens is 242 g/mol. The number of nitrogens with one attached hydrogen (secondary N) is 1. The van der Waals surface area contributed by atoms with Gasteiger partial charge in [0.05, 0.1) is 6.10 Å². The number of ether oxygens (including phenoxy) is 1. The van der Waals surface area contributed by atoms with Crippen molar-refractivity contribution in [2.75, 3.05) is 20.2 Å². The van der Waals surface area contributed by atoms with Crippen LogP contribution in [-0.2, 0) is 9.53 Å². The van der Waals surface area contributed by atoms with E-state index in [9.17, 15) is 4.79 Å². The van der Waals surface area contributed by atoms with Gasteiger partial charge in [0.2, 0.25) is 5.91 Å². The highest BCUT2D eigenvalue weighted by Crippen LogP contribution is 2.21. The van der Waals surface area contributed by atoms with E-state index >= 15 is 0 Å². The molecule has 0 saturated carbocycles. The van der Waals surface area contributed by atoms with E-state index in [0.717, 1.165) is 19.4 Å². The van der Waals surface area contributed by atoms with E-state index in [0.29, 0.717) is 18.7 Å². The number of piperidine rings is 1. The third-order valence-corrected chi connectivity index (χ3v) is 3.97. The smallest absolute Gasteiger partial charge is 0.238 e. The van der Waals surface area contributed by atoms with Crippen molar-refractivity contribution < 1.29 is 9.53 Å². The lowest BCUT2D eigenvalue weighted by atomic mass is 9.94. The fourth-order valence-electron chi connectivity index (χ4n) is 2.86. The van der Waals surface area contributed by atoms with E-state index in [1.165, 1.54) is 0 Å². The molecule has 0 aromatic heterocycles. The molecule has 19 heavy (non-hydrogen) atoms. The number of hydrogen-bond donors (Lipinski definition) is 2. The third-order valence-electron chi connectivity index (χ3n) is 3.97. The molecule has 3 unspecified atom stereocenters. The molecular formula is C14H29N3O2. The monoisotopic (exact) mass is 271 g/mol. The molecule has 1 aliphatic heterocycles. The van der Waals surface area contributed by atoms with Crippen LogP contribution in [0.2, 0.25) is 0 Å². The second-order valence-electron chi connectivity index (χ2n) is 6.20. The molecule has 0 bridgehead atoms. The van der Waals surface area contributed by atoms with Crippen LogP contribution in [0.5, 0.6) is 0 Å². The summed E-state index contributed by atoms with van der Waals surface area (Å²) < 4.78 is 5.42. The Balaban J connectivity index is 2.67. The van der Waals surface area contributed by atoms with Crippen molar-refractivity contribution in [1.29, 1.82) is 0 Å². The summed E-state index contributed by atoms with van der Waals surface area (Å²) in [6.45, 7) is 9.73. The number of likely N-dealkylation sites (tertiary alicyclic amines) is 1. The molecule has 1 heterocycles. The topological polar surface area (TPSA) is 67.6 Å². The number of rotatable bonds is 6. The van der Waals surface area contributed by atoms with E-state index in [1.54, 1.807) is 7.11 Å². The lowest BCUT2D eigenvalue weighted by molar-refractivity contribution is -0.125. The molecule has 0 radical (unpaired) electrons. The highest BCUT2D eigenvalue weighted by Gasteiger charge is 2.36. The molecule has 5 heteroatoms. The minimum atomic E-state index is -0.678. The van der Waals surface area contributed by atoms with Crippen molar-refractivity contribution in [2.45, 2.75) is 64.3 Å². The molecule has 112 valence electrons. The van der Waals surface area contributed by atoms with Crippen molar-refractivity contribution in [3.8, 4) is 0 Å². The van der Waals surface area contributed by atoms with Gasteiger partial charge in [-0.1, -0.05) is 0 Å². The van der Waals surface area contributed by atoms with Crippen LogP contribution in [0.3, 0.4) is 0 Å². The largest absolute Gasteiger partial charge is 0.381 e. The molecule has 1 amide bonds. The molecule has 5 nitrogen and oxygen atoms in total. The van der Waals surface area contributed by atoms with Crippen molar-refractivity contribution in [3.05, 3.63) is 0 Å². The second kappa shape index (κ2) is 6.68. The Morgan fingerprint density at radius 1 is 1.58 bits per heavy atom. The summed E-state index contributed by atoms with van der Waals surface area (Å²) in [4.78, 5) is 14.1. The number of nitrogens with two attached hydrogens (primary N) is 1. The first-order chi connectivity index (χ1) is 8.78. The van der Waals surface area contributed by atoms with Crippen molar-refractivity contribution in [2.24, 2.45) is 5.73 Å². The average Bonchev–Trinajstić information content (AvgIpc) is 2.30. The Labute approximate surface area is 116 Å². The maximum Gasteiger partial charge on any atom is 0.238 e. The van der Waals surface area contributed by atoms with E-state index < -0.39 is 5.54 Å². The van der Waals surface area contributed by atoms with E-state index in [1.807, 2.05) is 20.8 Å². The molecule has 1 aliphatic rings. The molecule has 0 spiro atoms. The number of hydrogen-bond acceptors (Lipinski definition) is 4. The van der Waals surface area contributed by atoms with Crippen LogP contribution in [0.1, 0.15) is 40.5 Å². The standard InChI is InChI=1S/C14H29N3O2/c1-10(2)16-14(4,13(15)18)9-17-7-6-12(19-5)8-11(17)3/h10-12,16H,6-9H2,1-5H3,(H2,15,18). The first-order valence-electron chi connectivity index (χ1n) is 7.13.